The Balaban J connectivity index is 1.44. The molecule has 0 saturated heterocycles. The van der Waals surface area contributed by atoms with Gasteiger partial charge in [-0.1, -0.05) is 6.92 Å². The van der Waals surface area contributed by atoms with E-state index in [0.717, 1.165) is 30.6 Å². The third-order valence-corrected chi connectivity index (χ3v) is 6.58. The van der Waals surface area contributed by atoms with E-state index in [-0.39, 0.29) is 23.3 Å². The summed E-state index contributed by atoms with van der Waals surface area (Å²) in [5.74, 6) is 1.28. The molecule has 162 valence electrons. The molecule has 31 heavy (non-hydrogen) atoms. The van der Waals surface area contributed by atoms with Crippen molar-refractivity contribution in [3.8, 4) is 5.75 Å². The van der Waals surface area contributed by atoms with Crippen LogP contribution in [0.25, 0.3) is 0 Å². The number of aliphatic imine (C=N–C) groups is 2. The number of nitrogens with one attached hydrogen (secondary N) is 1. The summed E-state index contributed by atoms with van der Waals surface area (Å²) in [6.45, 7) is 3.03. The van der Waals surface area contributed by atoms with E-state index in [1.54, 1.807) is 13.3 Å². The summed E-state index contributed by atoms with van der Waals surface area (Å²) in [7, 11) is 1.59. The number of hydrogen-bond donors (Lipinski definition) is 2. The molecule has 2 spiro atoms. The van der Waals surface area contributed by atoms with Crippen LogP contribution in [0.2, 0.25) is 0 Å². The molecule has 1 aromatic carbocycles. The van der Waals surface area contributed by atoms with Gasteiger partial charge in [0, 0.05) is 16.7 Å². The molecule has 0 aromatic heterocycles. The summed E-state index contributed by atoms with van der Waals surface area (Å²) in [5.41, 5.74) is 7.16. The van der Waals surface area contributed by atoms with E-state index in [1.165, 1.54) is 0 Å². The zero-order valence-corrected chi connectivity index (χ0v) is 17.7. The highest BCUT2D eigenvalue weighted by atomic mass is 16.5. The lowest BCUT2D eigenvalue weighted by molar-refractivity contribution is -0.112. The maximum Gasteiger partial charge on any atom is 0.283 e. The number of fused-ring (bicyclic) bond motifs is 3. The van der Waals surface area contributed by atoms with Gasteiger partial charge in [0.15, 0.2) is 0 Å². The van der Waals surface area contributed by atoms with Gasteiger partial charge in [0.25, 0.3) is 11.9 Å². The number of amidine groups is 1. The Hall–Kier alpha value is -3.29. The van der Waals surface area contributed by atoms with Gasteiger partial charge in [0.05, 0.1) is 19.9 Å². The van der Waals surface area contributed by atoms with E-state index in [9.17, 15) is 4.79 Å². The van der Waals surface area contributed by atoms with Gasteiger partial charge in [0.2, 0.25) is 0 Å². The lowest BCUT2D eigenvalue weighted by atomic mass is 9.74. The zero-order valence-electron chi connectivity index (χ0n) is 17.7. The average Bonchev–Trinajstić information content (AvgIpc) is 3.43. The van der Waals surface area contributed by atoms with Crippen molar-refractivity contribution in [2.24, 2.45) is 27.1 Å². The standard InChI is InChI=1S/C23H26N4O4/c1-14-3-5-16(29-2)11-25-18(9-14)20(28)26-15-4-6-19-17(10-15)23(13-31-21(24)27-23)22(7-8-22)12-30-19/h4-6,9-11,14H,3,7-8,12-13H2,1-2H3,(H2,24,27)(H,26,28). The van der Waals surface area contributed by atoms with E-state index in [1.807, 2.05) is 37.3 Å². The van der Waals surface area contributed by atoms with Crippen molar-refractivity contribution < 1.29 is 19.0 Å². The van der Waals surface area contributed by atoms with Crippen LogP contribution in [0.3, 0.4) is 0 Å². The molecule has 1 fully saturated rings. The quantitative estimate of drug-likeness (QED) is 0.779. The number of allylic oxidation sites excluding steroid dienone is 3. The Morgan fingerprint density at radius 2 is 2.13 bits per heavy atom. The predicted molar refractivity (Wildman–Crippen MR) is 117 cm³/mol. The Bertz CT molecular complexity index is 1050. The van der Waals surface area contributed by atoms with Gasteiger partial charge < -0.3 is 25.3 Å². The van der Waals surface area contributed by atoms with Crippen LogP contribution in [-0.4, -0.2) is 38.5 Å². The molecule has 8 heteroatoms. The Kier molecular flexibility index (Phi) is 4.53. The van der Waals surface area contributed by atoms with E-state index in [4.69, 9.17) is 24.9 Å². The normalized spacial score (nSPS) is 27.7. The first-order valence-electron chi connectivity index (χ1n) is 10.5. The van der Waals surface area contributed by atoms with Gasteiger partial charge in [-0.3, -0.25) is 4.79 Å². The second-order valence-electron chi connectivity index (χ2n) is 8.67. The molecule has 0 radical (unpaired) electrons. The Morgan fingerprint density at radius 1 is 1.29 bits per heavy atom. The number of nitrogens with zero attached hydrogens (tertiary/aromatic N) is 2. The number of ether oxygens (including phenoxy) is 3. The molecule has 3 heterocycles. The van der Waals surface area contributed by atoms with Crippen molar-refractivity contribution >= 4 is 23.8 Å². The molecule has 1 aromatic rings. The number of anilines is 1. The van der Waals surface area contributed by atoms with E-state index < -0.39 is 5.54 Å². The first-order chi connectivity index (χ1) is 14.9. The molecular weight excluding hydrogens is 396 g/mol. The van der Waals surface area contributed by atoms with Crippen molar-refractivity contribution in [3.63, 3.8) is 0 Å². The average molecular weight is 422 g/mol. The highest BCUT2D eigenvalue weighted by Gasteiger charge is 2.66. The van der Waals surface area contributed by atoms with Gasteiger partial charge in [-0.15, -0.1) is 0 Å². The minimum atomic E-state index is -0.560. The summed E-state index contributed by atoms with van der Waals surface area (Å²) in [6.07, 6.45) is 8.19. The second-order valence-corrected chi connectivity index (χ2v) is 8.67. The summed E-state index contributed by atoms with van der Waals surface area (Å²) in [5, 5.41) is 2.97. The van der Waals surface area contributed by atoms with Crippen LogP contribution in [-0.2, 0) is 19.8 Å². The molecule has 1 amide bonds. The van der Waals surface area contributed by atoms with Gasteiger partial charge in [-0.25, -0.2) is 9.98 Å². The topological polar surface area (TPSA) is 108 Å². The molecule has 4 aliphatic rings. The molecule has 3 N–H and O–H groups in total. The van der Waals surface area contributed by atoms with Crippen LogP contribution in [0.1, 0.15) is 31.7 Å². The minimum Gasteiger partial charge on any atom is -0.495 e. The minimum absolute atomic E-state index is 0.0889. The first-order valence-corrected chi connectivity index (χ1v) is 10.5. The van der Waals surface area contributed by atoms with Crippen LogP contribution in [0.15, 0.2) is 51.8 Å². The van der Waals surface area contributed by atoms with Crippen LogP contribution in [0, 0.1) is 11.3 Å². The molecule has 0 bridgehead atoms. The molecule has 1 saturated carbocycles. The van der Waals surface area contributed by atoms with Gasteiger partial charge in [-0.2, -0.15) is 0 Å². The van der Waals surface area contributed by atoms with Crippen LogP contribution >= 0.6 is 0 Å². The van der Waals surface area contributed by atoms with E-state index in [0.29, 0.717) is 30.4 Å². The smallest absolute Gasteiger partial charge is 0.283 e. The monoisotopic (exact) mass is 422 g/mol. The lowest BCUT2D eigenvalue weighted by Crippen LogP contribution is -2.44. The number of amides is 1. The maximum absolute atomic E-state index is 13.0. The number of benzene rings is 1. The molecule has 8 nitrogen and oxygen atoms in total. The van der Waals surface area contributed by atoms with Crippen molar-refractivity contribution in [1.82, 2.24) is 0 Å². The highest BCUT2D eigenvalue weighted by molar-refractivity contribution is 6.05. The molecule has 2 atom stereocenters. The molecule has 3 aliphatic heterocycles. The molecule has 2 unspecified atom stereocenters. The molecule has 1 aliphatic carbocycles. The fraction of sp³-hybridized carbons (Fsp3) is 0.435. The lowest BCUT2D eigenvalue weighted by Gasteiger charge is -2.39. The molecular formula is C23H26N4O4. The summed E-state index contributed by atoms with van der Waals surface area (Å²) in [4.78, 5) is 22.0. The number of methoxy groups -OCH3 is 1. The summed E-state index contributed by atoms with van der Waals surface area (Å²) < 4.78 is 16.9. The van der Waals surface area contributed by atoms with E-state index >= 15 is 0 Å². The molecule has 5 rings (SSSR count). The maximum atomic E-state index is 13.0. The Labute approximate surface area is 180 Å². The number of hydrogen-bond acceptors (Lipinski definition) is 7. The fourth-order valence-electron chi connectivity index (χ4n) is 4.56. The third-order valence-electron chi connectivity index (χ3n) is 6.58. The van der Waals surface area contributed by atoms with E-state index in [2.05, 4.69) is 10.3 Å². The van der Waals surface area contributed by atoms with Crippen LogP contribution in [0.4, 0.5) is 5.69 Å². The number of rotatable bonds is 3. The number of carbonyl (C=O) groups excluding carboxylic acids is 1. The van der Waals surface area contributed by atoms with Gasteiger partial charge in [0.1, 0.15) is 29.4 Å². The van der Waals surface area contributed by atoms with Gasteiger partial charge >= 0.3 is 0 Å². The predicted octanol–water partition coefficient (Wildman–Crippen LogP) is 2.86. The second kappa shape index (κ2) is 7.14. The summed E-state index contributed by atoms with van der Waals surface area (Å²) in [6, 6.07) is 5.83. The van der Waals surface area contributed by atoms with Crippen molar-refractivity contribution in [3.05, 3.63) is 47.4 Å². The first kappa shape index (κ1) is 19.7. The highest BCUT2D eigenvalue weighted by Crippen LogP contribution is 2.65. The SMILES string of the molecule is COC1=CCC(C)C=C(C(=O)Nc2ccc3c(c2)C2(COC(N)=N2)C2(CC2)CO3)N=C1. The largest absolute Gasteiger partial charge is 0.495 e. The number of nitrogens with two attached hydrogens (primary N) is 1. The van der Waals surface area contributed by atoms with Gasteiger partial charge in [-0.05, 0) is 55.5 Å². The summed E-state index contributed by atoms with van der Waals surface area (Å²) >= 11 is 0. The van der Waals surface area contributed by atoms with Crippen LogP contribution < -0.4 is 15.8 Å². The third kappa shape index (κ3) is 3.26. The fourth-order valence-corrected chi connectivity index (χ4v) is 4.56. The van der Waals surface area contributed by atoms with Crippen molar-refractivity contribution in [1.29, 1.82) is 0 Å². The number of carbonyl (C=O) groups is 1. The van der Waals surface area contributed by atoms with Crippen molar-refractivity contribution in [2.45, 2.75) is 31.7 Å². The Morgan fingerprint density at radius 3 is 2.84 bits per heavy atom. The zero-order chi connectivity index (χ0) is 21.6. The van der Waals surface area contributed by atoms with Crippen LogP contribution in [0.5, 0.6) is 5.75 Å². The van der Waals surface area contributed by atoms with Crippen molar-refractivity contribution in [2.75, 3.05) is 25.6 Å².